The molecule has 0 aromatic rings. The van der Waals surface area contributed by atoms with Crippen LogP contribution in [0, 0.1) is 0 Å². The Morgan fingerprint density at radius 2 is 2.44 bits per heavy atom. The molecule has 2 N–H and O–H groups in total. The number of hydrazine groups is 1. The van der Waals surface area contributed by atoms with E-state index < -0.39 is 9.84 Å². The topological polar surface area (TPSA) is 70.7 Å². The molecule has 2 rings (SSSR count). The summed E-state index contributed by atoms with van der Waals surface area (Å²) in [6.45, 7) is 3.60. The first kappa shape index (κ1) is 14.1. The van der Waals surface area contributed by atoms with Gasteiger partial charge in [-0.25, -0.2) is 8.42 Å². The van der Waals surface area contributed by atoms with E-state index in [-0.39, 0.29) is 16.9 Å². The van der Waals surface area contributed by atoms with Crippen LogP contribution in [0.25, 0.3) is 0 Å². The molecule has 0 aliphatic carbocycles. The van der Waals surface area contributed by atoms with E-state index in [0.717, 1.165) is 25.9 Å². The van der Waals surface area contributed by atoms with Gasteiger partial charge in [0.1, 0.15) is 0 Å². The van der Waals surface area contributed by atoms with Gasteiger partial charge in [0.05, 0.1) is 11.9 Å². The van der Waals surface area contributed by atoms with Crippen LogP contribution in [-0.2, 0) is 14.7 Å². The van der Waals surface area contributed by atoms with Crippen LogP contribution in [-0.4, -0.2) is 38.5 Å². The van der Waals surface area contributed by atoms with Gasteiger partial charge < -0.3 is 5.32 Å². The van der Waals surface area contributed by atoms with E-state index >= 15 is 0 Å². The highest BCUT2D eigenvalue weighted by atomic mass is 32.2. The molecule has 0 unspecified atom stereocenters. The maximum absolute atomic E-state index is 12.0. The van der Waals surface area contributed by atoms with Crippen molar-refractivity contribution < 1.29 is 13.3 Å². The van der Waals surface area contributed by atoms with Crippen LogP contribution in [0.1, 0.15) is 26.2 Å². The third-order valence-electron chi connectivity index (χ3n) is 2.79. The first-order chi connectivity index (χ1) is 8.63. The monoisotopic (exact) mass is 293 g/mol. The summed E-state index contributed by atoms with van der Waals surface area (Å²) in [6.07, 6.45) is 2.61. The number of nitrogens with one attached hydrogen (secondary N) is 2. The molecule has 0 saturated carbocycles. The van der Waals surface area contributed by atoms with Crippen LogP contribution in [0.5, 0.6) is 0 Å². The Balaban J connectivity index is 1.98. The Kier molecular flexibility index (Phi) is 4.91. The molecule has 0 bridgehead atoms. The van der Waals surface area contributed by atoms with E-state index in [2.05, 4.69) is 10.1 Å². The highest BCUT2D eigenvalue weighted by Gasteiger charge is 2.30. The third kappa shape index (κ3) is 3.39. The maximum atomic E-state index is 12.0. The number of hydrogen-bond acceptors (Lipinski definition) is 7. The largest absolute Gasteiger partial charge is 0.314 e. The molecule has 0 amide bonds. The predicted molar refractivity (Wildman–Crippen MR) is 71.7 cm³/mol. The van der Waals surface area contributed by atoms with Crippen molar-refractivity contribution in [3.8, 4) is 0 Å². The summed E-state index contributed by atoms with van der Waals surface area (Å²) >= 11 is 1.22. The lowest BCUT2D eigenvalue weighted by molar-refractivity contribution is -0.184. The third-order valence-corrected chi connectivity index (χ3v) is 5.42. The van der Waals surface area contributed by atoms with Gasteiger partial charge in [0.25, 0.3) is 0 Å². The fourth-order valence-electron chi connectivity index (χ4n) is 1.92. The zero-order valence-corrected chi connectivity index (χ0v) is 12.0. The van der Waals surface area contributed by atoms with Gasteiger partial charge in [-0.2, -0.15) is 5.17 Å². The molecule has 1 fully saturated rings. The molecule has 6 nitrogen and oxygen atoms in total. The van der Waals surface area contributed by atoms with Crippen molar-refractivity contribution >= 4 is 21.8 Å². The highest BCUT2D eigenvalue weighted by molar-refractivity contribution is 8.02. The van der Waals surface area contributed by atoms with E-state index in [1.54, 1.807) is 5.41 Å². The van der Waals surface area contributed by atoms with Gasteiger partial charge in [0.15, 0.2) is 14.9 Å². The number of piperidine rings is 1. The molecular formula is C10H19N3O3S2. The first-order valence-corrected chi connectivity index (χ1v) is 8.68. The minimum Gasteiger partial charge on any atom is -0.314 e. The first-order valence-electron chi connectivity index (χ1n) is 6.15. The van der Waals surface area contributed by atoms with Gasteiger partial charge in [-0.05, 0) is 37.8 Å². The second-order valence-electron chi connectivity index (χ2n) is 4.35. The van der Waals surface area contributed by atoms with E-state index in [0.29, 0.717) is 6.42 Å². The van der Waals surface area contributed by atoms with Gasteiger partial charge in [0, 0.05) is 12.0 Å². The normalized spacial score (nSPS) is 25.3. The SMILES string of the molecule is CCCS(=O)(=O)C1=CSNN1O[C@@H]1CCCNC1. The molecule has 0 aromatic heterocycles. The average molecular weight is 293 g/mol. The van der Waals surface area contributed by atoms with Crippen molar-refractivity contribution in [1.82, 2.24) is 15.3 Å². The second kappa shape index (κ2) is 6.25. The molecule has 2 heterocycles. The van der Waals surface area contributed by atoms with Gasteiger partial charge >= 0.3 is 0 Å². The Hall–Kier alpha value is -0.280. The van der Waals surface area contributed by atoms with Crippen molar-refractivity contribution in [1.29, 1.82) is 0 Å². The van der Waals surface area contributed by atoms with E-state index in [9.17, 15) is 8.42 Å². The van der Waals surface area contributed by atoms with Crippen LogP contribution in [0.2, 0.25) is 0 Å². The number of rotatable bonds is 5. The lowest BCUT2D eigenvalue weighted by Crippen LogP contribution is -2.42. The molecule has 1 saturated heterocycles. The lowest BCUT2D eigenvalue weighted by Gasteiger charge is -2.28. The number of hydrogen-bond donors (Lipinski definition) is 2. The Morgan fingerprint density at radius 3 is 3.11 bits per heavy atom. The van der Waals surface area contributed by atoms with E-state index in [1.807, 2.05) is 6.92 Å². The molecule has 1 atom stereocenters. The second-order valence-corrected chi connectivity index (χ2v) is 7.06. The molecule has 0 aromatic carbocycles. The van der Waals surface area contributed by atoms with Gasteiger partial charge in [-0.15, -0.1) is 4.83 Å². The summed E-state index contributed by atoms with van der Waals surface area (Å²) in [7, 11) is -3.25. The fraction of sp³-hybridized carbons (Fsp3) is 0.800. The number of nitrogens with zero attached hydrogens (tertiary/aromatic N) is 1. The van der Waals surface area contributed by atoms with Crippen molar-refractivity contribution in [3.05, 3.63) is 10.4 Å². The van der Waals surface area contributed by atoms with Gasteiger partial charge in [0.2, 0.25) is 0 Å². The van der Waals surface area contributed by atoms with Crippen LogP contribution in [0.4, 0.5) is 0 Å². The molecule has 0 radical (unpaired) electrons. The smallest absolute Gasteiger partial charge is 0.197 e. The highest BCUT2D eigenvalue weighted by Crippen LogP contribution is 2.25. The molecule has 8 heteroatoms. The van der Waals surface area contributed by atoms with Gasteiger partial charge in [-0.3, -0.25) is 4.84 Å². The van der Waals surface area contributed by atoms with Crippen molar-refractivity contribution in [2.45, 2.75) is 32.3 Å². The minimum absolute atomic E-state index is 0.0187. The average Bonchev–Trinajstić information content (AvgIpc) is 2.79. The van der Waals surface area contributed by atoms with Crippen molar-refractivity contribution in [3.63, 3.8) is 0 Å². The summed E-state index contributed by atoms with van der Waals surface area (Å²) in [5.74, 6) is 0.143. The maximum Gasteiger partial charge on any atom is 0.197 e. The lowest BCUT2D eigenvalue weighted by atomic mass is 10.1. The molecule has 2 aliphatic rings. The molecule has 2 aliphatic heterocycles. The van der Waals surface area contributed by atoms with Crippen molar-refractivity contribution in [2.24, 2.45) is 0 Å². The Bertz CT molecular complexity index is 405. The standard InChI is InChI=1S/C10H19N3O3S2/c1-2-6-18(14,15)10-8-17-12-13(10)16-9-4-3-5-11-7-9/h8-9,11-12H,2-7H2,1H3/t9-/m1/s1. The van der Waals surface area contributed by atoms with Crippen LogP contribution in [0.3, 0.4) is 0 Å². The molecule has 0 spiro atoms. The predicted octanol–water partition coefficient (Wildman–Crippen LogP) is 0.762. The molecule has 104 valence electrons. The summed E-state index contributed by atoms with van der Waals surface area (Å²) in [4.78, 5) is 8.54. The summed E-state index contributed by atoms with van der Waals surface area (Å²) in [6, 6.07) is 0. The Labute approximate surface area is 112 Å². The van der Waals surface area contributed by atoms with E-state index in [4.69, 9.17) is 4.84 Å². The van der Waals surface area contributed by atoms with Crippen LogP contribution in [0.15, 0.2) is 10.4 Å². The summed E-state index contributed by atoms with van der Waals surface area (Å²) < 4.78 is 24.1. The van der Waals surface area contributed by atoms with Gasteiger partial charge in [-0.1, -0.05) is 6.92 Å². The zero-order chi connectivity index (χ0) is 13.0. The molecular weight excluding hydrogens is 274 g/mol. The fourth-order valence-corrected chi connectivity index (χ4v) is 4.29. The van der Waals surface area contributed by atoms with Crippen LogP contribution < -0.4 is 10.1 Å². The van der Waals surface area contributed by atoms with E-state index in [1.165, 1.54) is 17.1 Å². The quantitative estimate of drug-likeness (QED) is 0.725. The summed E-state index contributed by atoms with van der Waals surface area (Å²) in [5, 5.41) is 6.34. The summed E-state index contributed by atoms with van der Waals surface area (Å²) in [5.41, 5.74) is 0. The number of hydroxylamine groups is 1. The Morgan fingerprint density at radius 1 is 1.61 bits per heavy atom. The van der Waals surface area contributed by atoms with Crippen molar-refractivity contribution in [2.75, 3.05) is 18.8 Å². The molecule has 18 heavy (non-hydrogen) atoms. The number of sulfone groups is 1. The van der Waals surface area contributed by atoms with Crippen LogP contribution >= 0.6 is 11.9 Å². The minimum atomic E-state index is -3.25. The zero-order valence-electron chi connectivity index (χ0n) is 10.4.